The number of hydrogen-bond donors (Lipinski definition) is 0. The molecule has 0 radical (unpaired) electrons. The zero-order chi connectivity index (χ0) is 19.3. The zero-order valence-corrected chi connectivity index (χ0v) is 14.8. The van der Waals surface area contributed by atoms with Gasteiger partial charge in [-0.3, -0.25) is 9.59 Å². The lowest BCUT2D eigenvalue weighted by Crippen LogP contribution is -2.47. The lowest BCUT2D eigenvalue weighted by Gasteiger charge is -2.39. The summed E-state index contributed by atoms with van der Waals surface area (Å²) in [7, 11) is 0. The monoisotopic (exact) mass is 371 g/mol. The summed E-state index contributed by atoms with van der Waals surface area (Å²) in [5, 5.41) is 0. The van der Waals surface area contributed by atoms with Crippen LogP contribution in [-0.4, -0.2) is 23.1 Å². The van der Waals surface area contributed by atoms with Crippen LogP contribution in [-0.2, 0) is 28.7 Å². The van der Waals surface area contributed by atoms with Crippen molar-refractivity contribution in [3.8, 4) is 0 Å². The molecule has 0 aromatic heterocycles. The molecular weight excluding hydrogens is 350 g/mol. The normalized spacial score (nSPS) is 23.5. The number of fused-ring (bicyclic) bond motifs is 1. The molecule has 0 bridgehead atoms. The molecule has 0 N–H and O–H groups in total. The summed E-state index contributed by atoms with van der Waals surface area (Å²) >= 11 is 0. The van der Waals surface area contributed by atoms with E-state index < -0.39 is 23.0 Å². The van der Waals surface area contributed by atoms with Crippen LogP contribution in [0.15, 0.2) is 12.1 Å². The van der Waals surface area contributed by atoms with Crippen molar-refractivity contribution >= 4 is 11.7 Å². The van der Waals surface area contributed by atoms with E-state index in [9.17, 15) is 27.2 Å². The highest BCUT2D eigenvalue weighted by Gasteiger charge is 2.49. The number of hydrogen-bond acceptors (Lipinski definition) is 2. The summed E-state index contributed by atoms with van der Waals surface area (Å²) < 4.78 is 53.0. The minimum absolute atomic E-state index is 0.0369. The van der Waals surface area contributed by atoms with E-state index in [0.717, 1.165) is 6.07 Å². The van der Waals surface area contributed by atoms with E-state index in [1.807, 2.05) is 13.8 Å². The predicted molar refractivity (Wildman–Crippen MR) is 86.7 cm³/mol. The van der Waals surface area contributed by atoms with Crippen LogP contribution in [0.25, 0.3) is 0 Å². The number of carbonyl (C=O) groups is 2. The molecular formula is C19H21F4NO2. The SMILES string of the molecule is CC(C)C1(C(=O)N2CCc3c(F)cc(C(F)(F)F)cc3C2)CCC(=O)C1. The topological polar surface area (TPSA) is 37.4 Å². The van der Waals surface area contributed by atoms with Gasteiger partial charge in [-0.2, -0.15) is 13.2 Å². The molecule has 1 amide bonds. The van der Waals surface area contributed by atoms with Gasteiger partial charge in [0.15, 0.2) is 0 Å². The third-order valence-electron chi connectivity index (χ3n) is 5.79. The molecule has 1 aromatic rings. The molecule has 3 rings (SSSR count). The Morgan fingerprint density at radius 2 is 1.92 bits per heavy atom. The predicted octanol–water partition coefficient (Wildman–Crippen LogP) is 4.12. The van der Waals surface area contributed by atoms with Gasteiger partial charge in [0.05, 0.1) is 11.0 Å². The molecule has 1 atom stereocenters. The van der Waals surface area contributed by atoms with Crippen molar-refractivity contribution in [3.63, 3.8) is 0 Å². The second-order valence-electron chi connectivity index (χ2n) is 7.60. The van der Waals surface area contributed by atoms with E-state index in [0.29, 0.717) is 18.9 Å². The zero-order valence-electron chi connectivity index (χ0n) is 14.8. The van der Waals surface area contributed by atoms with E-state index in [4.69, 9.17) is 0 Å². The smallest absolute Gasteiger partial charge is 0.338 e. The third-order valence-corrected chi connectivity index (χ3v) is 5.79. The molecule has 142 valence electrons. The second-order valence-corrected chi connectivity index (χ2v) is 7.60. The number of benzene rings is 1. The van der Waals surface area contributed by atoms with Gasteiger partial charge in [-0.25, -0.2) is 4.39 Å². The van der Waals surface area contributed by atoms with Gasteiger partial charge in [-0.1, -0.05) is 13.8 Å². The van der Waals surface area contributed by atoms with Crippen molar-refractivity contribution in [3.05, 3.63) is 34.6 Å². The van der Waals surface area contributed by atoms with Gasteiger partial charge in [-0.15, -0.1) is 0 Å². The molecule has 1 heterocycles. The van der Waals surface area contributed by atoms with Crippen LogP contribution < -0.4 is 0 Å². The lowest BCUT2D eigenvalue weighted by atomic mass is 9.74. The summed E-state index contributed by atoms with van der Waals surface area (Å²) in [4.78, 5) is 26.4. The minimum Gasteiger partial charge on any atom is -0.338 e. The van der Waals surface area contributed by atoms with Crippen LogP contribution in [0.2, 0.25) is 0 Å². The summed E-state index contributed by atoms with van der Waals surface area (Å²) in [6.45, 7) is 3.96. The van der Waals surface area contributed by atoms with E-state index >= 15 is 0 Å². The number of Topliss-reactive ketones (excluding diaryl/α,β-unsaturated/α-hetero) is 1. The molecule has 1 aliphatic heterocycles. The average Bonchev–Trinajstić information content (AvgIpc) is 2.96. The molecule has 26 heavy (non-hydrogen) atoms. The maximum Gasteiger partial charge on any atom is 0.416 e. The molecule has 1 saturated carbocycles. The van der Waals surface area contributed by atoms with Crippen LogP contribution in [0.5, 0.6) is 0 Å². The number of alkyl halides is 3. The van der Waals surface area contributed by atoms with Gasteiger partial charge in [0.2, 0.25) is 5.91 Å². The second kappa shape index (κ2) is 6.35. The molecule has 1 aromatic carbocycles. The highest BCUT2D eigenvalue weighted by molar-refractivity contribution is 5.93. The van der Waals surface area contributed by atoms with Crippen LogP contribution in [0.4, 0.5) is 17.6 Å². The van der Waals surface area contributed by atoms with Crippen molar-refractivity contribution in [1.82, 2.24) is 4.90 Å². The van der Waals surface area contributed by atoms with Crippen molar-refractivity contribution in [1.29, 1.82) is 0 Å². The van der Waals surface area contributed by atoms with Crippen LogP contribution >= 0.6 is 0 Å². The van der Waals surface area contributed by atoms with Gasteiger partial charge in [0.1, 0.15) is 11.6 Å². The lowest BCUT2D eigenvalue weighted by molar-refractivity contribution is -0.146. The van der Waals surface area contributed by atoms with Crippen LogP contribution in [0.1, 0.15) is 49.8 Å². The number of ketones is 1. The fourth-order valence-electron chi connectivity index (χ4n) is 4.11. The van der Waals surface area contributed by atoms with Crippen molar-refractivity contribution in [2.24, 2.45) is 11.3 Å². The van der Waals surface area contributed by atoms with Gasteiger partial charge < -0.3 is 4.90 Å². The molecule has 1 fully saturated rings. The molecule has 0 spiro atoms. The van der Waals surface area contributed by atoms with Crippen LogP contribution in [0.3, 0.4) is 0 Å². The minimum atomic E-state index is -4.64. The summed E-state index contributed by atoms with van der Waals surface area (Å²) in [5.74, 6) is -1.10. The standard InChI is InChI=1S/C19H21F4NO2/c1-11(2)18(5-3-14(25)9-18)17(26)24-6-4-15-12(10-24)7-13(8-16(15)20)19(21,22)23/h7-8,11H,3-6,9-10H2,1-2H3. The number of halogens is 4. The Kier molecular flexibility index (Phi) is 4.61. The first-order chi connectivity index (χ1) is 12.0. The van der Waals surface area contributed by atoms with E-state index in [1.165, 1.54) is 4.90 Å². The Hall–Kier alpha value is -1.92. The number of rotatable bonds is 2. The third kappa shape index (κ3) is 3.12. The summed E-state index contributed by atoms with van der Waals surface area (Å²) in [6.07, 6.45) is -3.49. The fourth-order valence-corrected chi connectivity index (χ4v) is 4.11. The number of nitrogens with zero attached hydrogens (tertiary/aromatic N) is 1. The van der Waals surface area contributed by atoms with E-state index in [-0.39, 0.29) is 54.7 Å². The Morgan fingerprint density at radius 3 is 2.46 bits per heavy atom. The molecule has 0 saturated heterocycles. The Bertz CT molecular complexity index is 757. The molecule has 7 heteroatoms. The van der Waals surface area contributed by atoms with Gasteiger partial charge in [0, 0.05) is 25.9 Å². The van der Waals surface area contributed by atoms with Crippen molar-refractivity contribution in [2.75, 3.05) is 6.54 Å². The molecule has 1 aliphatic carbocycles. The molecule has 1 unspecified atom stereocenters. The number of carbonyl (C=O) groups excluding carboxylic acids is 2. The largest absolute Gasteiger partial charge is 0.416 e. The van der Waals surface area contributed by atoms with Crippen molar-refractivity contribution in [2.45, 2.75) is 52.3 Å². The maximum atomic E-state index is 14.1. The first-order valence-corrected chi connectivity index (χ1v) is 8.74. The first kappa shape index (κ1) is 18.9. The highest BCUT2D eigenvalue weighted by Crippen LogP contribution is 2.45. The fraction of sp³-hybridized carbons (Fsp3) is 0.579. The van der Waals surface area contributed by atoms with Crippen LogP contribution in [0, 0.1) is 17.2 Å². The highest BCUT2D eigenvalue weighted by atomic mass is 19.4. The van der Waals surface area contributed by atoms with E-state index in [2.05, 4.69) is 0 Å². The average molecular weight is 371 g/mol. The molecule has 3 nitrogen and oxygen atoms in total. The Morgan fingerprint density at radius 1 is 1.23 bits per heavy atom. The van der Waals surface area contributed by atoms with Crippen molar-refractivity contribution < 1.29 is 27.2 Å². The van der Waals surface area contributed by atoms with Gasteiger partial charge >= 0.3 is 6.18 Å². The van der Waals surface area contributed by atoms with Gasteiger partial charge in [0.25, 0.3) is 0 Å². The first-order valence-electron chi connectivity index (χ1n) is 8.74. The summed E-state index contributed by atoms with van der Waals surface area (Å²) in [5.41, 5.74) is -1.41. The molecule has 2 aliphatic rings. The Balaban J connectivity index is 1.91. The van der Waals surface area contributed by atoms with Gasteiger partial charge in [-0.05, 0) is 42.0 Å². The van der Waals surface area contributed by atoms with E-state index in [1.54, 1.807) is 0 Å². The number of amides is 1. The Labute approximate surface area is 149 Å². The maximum absolute atomic E-state index is 14.1. The summed E-state index contributed by atoms with van der Waals surface area (Å²) in [6, 6.07) is 1.45. The quantitative estimate of drug-likeness (QED) is 0.734.